The van der Waals surface area contributed by atoms with E-state index >= 15 is 0 Å². The number of aryl methyl sites for hydroxylation is 1. The molecule has 0 aliphatic carbocycles. The van der Waals surface area contributed by atoms with Gasteiger partial charge in [0, 0.05) is 20.4 Å². The van der Waals surface area contributed by atoms with Crippen LogP contribution in [0.3, 0.4) is 0 Å². The molecule has 2 rings (SSSR count). The van der Waals surface area contributed by atoms with Crippen molar-refractivity contribution in [2.24, 2.45) is 0 Å². The van der Waals surface area contributed by atoms with E-state index in [1.165, 1.54) is 6.07 Å². The Morgan fingerprint density at radius 3 is 2.53 bits per heavy atom. The summed E-state index contributed by atoms with van der Waals surface area (Å²) >= 11 is 15.6. The van der Waals surface area contributed by atoms with Gasteiger partial charge >= 0.3 is 0 Å². The van der Waals surface area contributed by atoms with E-state index in [-0.39, 0.29) is 10.6 Å². The first-order valence-electron chi connectivity index (χ1n) is 5.82. The number of halogens is 4. The highest BCUT2D eigenvalue weighted by molar-refractivity contribution is 9.09. The lowest BCUT2D eigenvalue weighted by atomic mass is 10.0. The van der Waals surface area contributed by atoms with Crippen LogP contribution in [0.25, 0.3) is 0 Å². The Labute approximate surface area is 130 Å². The van der Waals surface area contributed by atoms with Crippen LogP contribution in [0.4, 0.5) is 4.39 Å². The third-order valence-corrected chi connectivity index (χ3v) is 4.62. The molecule has 0 amide bonds. The van der Waals surface area contributed by atoms with Crippen LogP contribution in [0.1, 0.15) is 21.5 Å². The summed E-state index contributed by atoms with van der Waals surface area (Å²) in [5.41, 5.74) is 2.59. The molecule has 0 spiro atoms. The second kappa shape index (κ2) is 6.25. The van der Waals surface area contributed by atoms with Crippen LogP contribution in [0.2, 0.25) is 10.0 Å². The van der Waals surface area contributed by atoms with Crippen molar-refractivity contribution in [3.05, 3.63) is 69.0 Å². The summed E-state index contributed by atoms with van der Waals surface area (Å²) < 4.78 is 13.7. The average molecular weight is 362 g/mol. The summed E-state index contributed by atoms with van der Waals surface area (Å²) in [6.45, 7) is 1.95. The van der Waals surface area contributed by atoms with E-state index in [1.54, 1.807) is 12.1 Å². The second-order valence-electron chi connectivity index (χ2n) is 4.38. The summed E-state index contributed by atoms with van der Waals surface area (Å²) in [6.07, 6.45) is 0.493. The Balaban J connectivity index is 2.25. The Kier molecular flexibility index (Phi) is 4.88. The van der Waals surface area contributed by atoms with Gasteiger partial charge in [0.05, 0.1) is 0 Å². The van der Waals surface area contributed by atoms with E-state index in [0.717, 1.165) is 16.1 Å². The molecule has 1 atom stereocenters. The van der Waals surface area contributed by atoms with Gasteiger partial charge in [0.2, 0.25) is 0 Å². The molecule has 0 aliphatic rings. The lowest BCUT2D eigenvalue weighted by molar-refractivity contribution is 0.608. The van der Waals surface area contributed by atoms with E-state index in [1.807, 2.05) is 25.1 Å². The van der Waals surface area contributed by atoms with Gasteiger partial charge in [-0.25, -0.2) is 4.39 Å². The third kappa shape index (κ3) is 3.50. The SMILES string of the molecule is Cc1cc(C(Br)Cc2c(F)cccc2Cl)ccc1Cl. The predicted octanol–water partition coefficient (Wildman–Crippen LogP) is 6.12. The molecule has 100 valence electrons. The molecule has 2 aromatic carbocycles. The summed E-state index contributed by atoms with van der Waals surface area (Å²) in [7, 11) is 0. The predicted molar refractivity (Wildman–Crippen MR) is 83.0 cm³/mol. The van der Waals surface area contributed by atoms with Crippen LogP contribution < -0.4 is 0 Å². The van der Waals surface area contributed by atoms with Crippen molar-refractivity contribution in [1.29, 1.82) is 0 Å². The van der Waals surface area contributed by atoms with Crippen molar-refractivity contribution in [1.82, 2.24) is 0 Å². The molecular weight excluding hydrogens is 350 g/mol. The van der Waals surface area contributed by atoms with Gasteiger partial charge in [-0.15, -0.1) is 0 Å². The van der Waals surface area contributed by atoms with Gasteiger partial charge in [0.15, 0.2) is 0 Å². The van der Waals surface area contributed by atoms with Gasteiger partial charge in [-0.1, -0.05) is 57.3 Å². The average Bonchev–Trinajstić information content (AvgIpc) is 2.37. The zero-order chi connectivity index (χ0) is 14.0. The van der Waals surface area contributed by atoms with Crippen LogP contribution in [-0.4, -0.2) is 0 Å². The van der Waals surface area contributed by atoms with Gasteiger partial charge in [0.25, 0.3) is 0 Å². The van der Waals surface area contributed by atoms with Crippen molar-refractivity contribution >= 4 is 39.1 Å². The molecular formula is C15H12BrCl2F. The van der Waals surface area contributed by atoms with Gasteiger partial charge in [0.1, 0.15) is 5.82 Å². The van der Waals surface area contributed by atoms with Crippen molar-refractivity contribution in [3.63, 3.8) is 0 Å². The van der Waals surface area contributed by atoms with Gasteiger partial charge in [-0.3, -0.25) is 0 Å². The van der Waals surface area contributed by atoms with Crippen LogP contribution in [0.15, 0.2) is 36.4 Å². The van der Waals surface area contributed by atoms with Crippen molar-refractivity contribution in [2.75, 3.05) is 0 Å². The minimum Gasteiger partial charge on any atom is -0.207 e. The molecule has 0 radical (unpaired) electrons. The van der Waals surface area contributed by atoms with E-state index in [9.17, 15) is 4.39 Å². The topological polar surface area (TPSA) is 0 Å². The molecule has 0 aliphatic heterocycles. The first-order chi connectivity index (χ1) is 8.99. The largest absolute Gasteiger partial charge is 0.207 e. The van der Waals surface area contributed by atoms with Gasteiger partial charge < -0.3 is 0 Å². The molecule has 0 bridgehead atoms. The highest BCUT2D eigenvalue weighted by atomic mass is 79.9. The Morgan fingerprint density at radius 2 is 1.89 bits per heavy atom. The van der Waals surface area contributed by atoms with Crippen LogP contribution in [0.5, 0.6) is 0 Å². The van der Waals surface area contributed by atoms with E-state index in [4.69, 9.17) is 23.2 Å². The van der Waals surface area contributed by atoms with E-state index in [2.05, 4.69) is 15.9 Å². The third-order valence-electron chi connectivity index (χ3n) is 2.99. The summed E-state index contributed by atoms with van der Waals surface area (Å²) in [5.74, 6) is -0.275. The molecule has 0 heterocycles. The fraction of sp³-hybridized carbons (Fsp3) is 0.200. The lowest BCUT2D eigenvalue weighted by Gasteiger charge is -2.13. The number of benzene rings is 2. The molecule has 0 saturated carbocycles. The summed E-state index contributed by atoms with van der Waals surface area (Å²) in [4.78, 5) is -0.00198. The first kappa shape index (κ1) is 14.8. The van der Waals surface area contributed by atoms with Crippen molar-refractivity contribution in [3.8, 4) is 0 Å². The molecule has 0 N–H and O–H groups in total. The van der Waals surface area contributed by atoms with Crippen LogP contribution >= 0.6 is 39.1 Å². The summed E-state index contributed by atoms with van der Waals surface area (Å²) in [5, 5.41) is 1.18. The molecule has 4 heteroatoms. The zero-order valence-electron chi connectivity index (χ0n) is 10.3. The van der Waals surface area contributed by atoms with Gasteiger partial charge in [-0.2, -0.15) is 0 Å². The van der Waals surface area contributed by atoms with Gasteiger partial charge in [-0.05, 0) is 42.7 Å². The molecule has 0 fully saturated rings. The van der Waals surface area contributed by atoms with Crippen LogP contribution in [0, 0.1) is 12.7 Å². The van der Waals surface area contributed by atoms with E-state index in [0.29, 0.717) is 17.0 Å². The monoisotopic (exact) mass is 360 g/mol. The second-order valence-corrected chi connectivity index (χ2v) is 6.30. The molecule has 1 unspecified atom stereocenters. The molecule has 0 nitrogen and oxygen atoms in total. The Hall–Kier alpha value is -0.570. The fourth-order valence-electron chi connectivity index (χ4n) is 1.89. The maximum Gasteiger partial charge on any atom is 0.127 e. The quantitative estimate of drug-likeness (QED) is 0.577. The van der Waals surface area contributed by atoms with Crippen molar-refractivity contribution in [2.45, 2.75) is 18.2 Å². The Bertz CT molecular complexity index is 578. The maximum atomic E-state index is 13.7. The Morgan fingerprint density at radius 1 is 1.16 bits per heavy atom. The smallest absolute Gasteiger partial charge is 0.127 e. The van der Waals surface area contributed by atoms with Crippen molar-refractivity contribution < 1.29 is 4.39 Å². The lowest BCUT2D eigenvalue weighted by Crippen LogP contribution is -1.99. The molecule has 0 aromatic heterocycles. The highest BCUT2D eigenvalue weighted by Gasteiger charge is 2.14. The first-order valence-corrected chi connectivity index (χ1v) is 7.49. The number of hydrogen-bond donors (Lipinski definition) is 0. The minimum atomic E-state index is -0.275. The highest BCUT2D eigenvalue weighted by Crippen LogP contribution is 2.32. The maximum absolute atomic E-state index is 13.7. The zero-order valence-corrected chi connectivity index (χ0v) is 13.4. The van der Waals surface area contributed by atoms with E-state index < -0.39 is 0 Å². The standard InChI is InChI=1S/C15H12BrCl2F/c1-9-7-10(5-6-13(9)17)12(16)8-11-14(18)3-2-4-15(11)19/h2-7,12H,8H2,1H3. The van der Waals surface area contributed by atoms with Crippen LogP contribution in [-0.2, 0) is 6.42 Å². The normalized spacial score (nSPS) is 12.5. The summed E-state index contributed by atoms with van der Waals surface area (Å²) in [6, 6.07) is 10.5. The number of hydrogen-bond acceptors (Lipinski definition) is 0. The molecule has 0 saturated heterocycles. The molecule has 2 aromatic rings. The minimum absolute atomic E-state index is 0.00198. The molecule has 19 heavy (non-hydrogen) atoms. The number of rotatable bonds is 3. The number of alkyl halides is 1. The fourth-order valence-corrected chi connectivity index (χ4v) is 2.85.